The molecule has 9 aliphatic rings. The molecular formula is C83H88N28O6. The Morgan fingerprint density at radius 1 is 0.402 bits per heavy atom. The topological polar surface area (TPSA) is 357 Å². The first-order chi connectivity index (χ1) is 57.0. The molecule has 34 heteroatoms. The van der Waals surface area contributed by atoms with Gasteiger partial charge >= 0.3 is 24.1 Å². The van der Waals surface area contributed by atoms with Gasteiger partial charge in [-0.05, 0) is 171 Å². The molecular weight excluding hydrogens is 1490 g/mol. The minimum absolute atomic E-state index is 0.0603. The van der Waals surface area contributed by atoms with E-state index in [-0.39, 0.29) is 60.5 Å². The van der Waals surface area contributed by atoms with Gasteiger partial charge in [0.05, 0.1) is 119 Å². The third kappa shape index (κ3) is 16.3. The van der Waals surface area contributed by atoms with E-state index in [9.17, 15) is 19.2 Å². The molecule has 0 saturated carbocycles. The molecule has 0 aromatic carbocycles. The standard InChI is InChI=1S/C22H23N7O2.C21H21N7O.C20H25N7O2.C20H19N7O/c1-3-31-20-12-24-19(11-25-20)27-22(30)29-16-7-9-28(13-16)18-5-4-17(26-21(18)29)15-6-8-23-14(2)10-15;1-13-5-8-23-20(24-13)26-21(29)28-16-7-10-27(12-16)18-4-3-17(25-19(18)28)15-6-9-22-14(2)11-15;1-13-10-26(11-14(2)29-13)18-4-3-16-19(24-18)27(15-5-8-25(16)12-15)20(28)23-17-9-21-6-7-22-17;1-13-10-14(4-7-21-13)17-2-3-18-19(25-17)27(16-6-9-26(18)12-16)20(28)24-15-5-8-22-23-11-15/h4-6,8,10-12,16H,3,7,9,13H2,1-2H3,(H,24,27,30);3-6,8-9,11,16H,7,10,12H2,1-2H3,(H,23,24,26,29);3-4,6-7,9,13-15H,5,8,10-12H2,1-2H3,(H,22,23,28);2-5,7-8,10-11,16H,6,9,12H2,1H3,(H,22,24,28)/t2*16-;13-,14-,15-;16-/m0000/s1. The van der Waals surface area contributed by atoms with Crippen molar-refractivity contribution in [3.8, 4) is 39.7 Å². The average Bonchev–Trinajstić information content (AvgIpc) is 1.68. The van der Waals surface area contributed by atoms with Crippen LogP contribution in [0.15, 0.2) is 165 Å². The fourth-order valence-electron chi connectivity index (χ4n) is 16.5. The number of aryl methyl sites for hydroxylation is 4. The Bertz CT molecular complexity index is 5500. The first-order valence-corrected chi connectivity index (χ1v) is 39.4. The number of pyridine rings is 7. The molecule has 8 bridgehead atoms. The fraction of sp³-hybridized carbons (Fsp3) is 0.337. The number of fused-ring (bicyclic) bond motifs is 16. The lowest BCUT2D eigenvalue weighted by molar-refractivity contribution is -0.00546. The third-order valence-corrected chi connectivity index (χ3v) is 21.8. The van der Waals surface area contributed by atoms with E-state index in [0.29, 0.717) is 59.0 Å². The Balaban J connectivity index is 0.000000112. The highest BCUT2D eigenvalue weighted by molar-refractivity contribution is 6.07. The van der Waals surface area contributed by atoms with Crippen LogP contribution in [-0.4, -0.2) is 208 Å². The summed E-state index contributed by atoms with van der Waals surface area (Å²) in [4.78, 5) is 129. The van der Waals surface area contributed by atoms with Crippen LogP contribution >= 0.6 is 0 Å². The summed E-state index contributed by atoms with van der Waals surface area (Å²) in [7, 11) is 0. The molecule has 5 fully saturated rings. The Morgan fingerprint density at radius 2 is 0.855 bits per heavy atom. The molecule has 20 rings (SSSR count). The Morgan fingerprint density at radius 3 is 1.28 bits per heavy atom. The van der Waals surface area contributed by atoms with Gasteiger partial charge in [-0.2, -0.15) is 10.2 Å². The van der Waals surface area contributed by atoms with Gasteiger partial charge in [-0.1, -0.05) is 0 Å². The zero-order valence-corrected chi connectivity index (χ0v) is 65.8. The van der Waals surface area contributed by atoms with Crippen LogP contribution in [0.4, 0.5) is 94.3 Å². The number of anilines is 13. The molecule has 596 valence electrons. The third-order valence-electron chi connectivity index (χ3n) is 21.8. The number of hydrogen-bond acceptors (Lipinski definition) is 26. The number of ether oxygens (including phenoxy) is 2. The largest absolute Gasteiger partial charge is 0.477 e. The van der Waals surface area contributed by atoms with Crippen molar-refractivity contribution in [2.24, 2.45) is 0 Å². The van der Waals surface area contributed by atoms with Gasteiger partial charge in [0.15, 0.2) is 34.9 Å². The highest BCUT2D eigenvalue weighted by Gasteiger charge is 2.45. The van der Waals surface area contributed by atoms with Crippen LogP contribution in [0.5, 0.6) is 5.88 Å². The summed E-state index contributed by atoms with van der Waals surface area (Å²) in [6.07, 6.45) is 21.7. The summed E-state index contributed by atoms with van der Waals surface area (Å²) in [5.74, 6) is 5.16. The van der Waals surface area contributed by atoms with Gasteiger partial charge in [0.25, 0.3) is 0 Å². The number of nitrogens with one attached hydrogen (secondary N) is 4. The smallest absolute Gasteiger partial charge is 0.330 e. The number of carbonyl (C=O) groups excluding carboxylic acids is 4. The van der Waals surface area contributed by atoms with E-state index in [2.05, 4.69) is 139 Å². The molecule has 0 radical (unpaired) electrons. The van der Waals surface area contributed by atoms with Crippen molar-refractivity contribution < 1.29 is 28.7 Å². The van der Waals surface area contributed by atoms with Crippen molar-refractivity contribution in [2.75, 3.05) is 137 Å². The second-order valence-electron chi connectivity index (χ2n) is 30.0. The predicted octanol–water partition coefficient (Wildman–Crippen LogP) is 11.4. The van der Waals surface area contributed by atoms with Crippen molar-refractivity contribution in [1.82, 2.24) is 75.0 Å². The van der Waals surface area contributed by atoms with Crippen LogP contribution in [0.1, 0.15) is 69.2 Å². The second kappa shape index (κ2) is 33.0. The quantitative estimate of drug-likeness (QED) is 0.0988. The Hall–Kier alpha value is -13.8. The van der Waals surface area contributed by atoms with Crippen molar-refractivity contribution in [2.45, 2.75) is 111 Å². The summed E-state index contributed by atoms with van der Waals surface area (Å²) < 4.78 is 11.2. The van der Waals surface area contributed by atoms with Gasteiger partial charge < -0.3 is 39.3 Å². The van der Waals surface area contributed by atoms with Gasteiger partial charge in [0.2, 0.25) is 11.8 Å². The molecule has 0 spiro atoms. The second-order valence-corrected chi connectivity index (χ2v) is 30.0. The van der Waals surface area contributed by atoms with Crippen LogP contribution in [0, 0.1) is 27.7 Å². The van der Waals surface area contributed by atoms with E-state index in [1.54, 1.807) is 81.3 Å². The van der Waals surface area contributed by atoms with Crippen molar-refractivity contribution >= 4 is 99.2 Å². The molecule has 0 aliphatic carbocycles. The highest BCUT2D eigenvalue weighted by Crippen LogP contribution is 2.45. The van der Waals surface area contributed by atoms with Gasteiger partial charge in [0, 0.05) is 142 Å². The fourth-order valence-corrected chi connectivity index (χ4v) is 16.5. The van der Waals surface area contributed by atoms with E-state index < -0.39 is 0 Å². The first kappa shape index (κ1) is 75.9. The minimum atomic E-state index is -0.262. The van der Waals surface area contributed by atoms with Gasteiger partial charge in [-0.3, -0.25) is 55.5 Å². The maximum atomic E-state index is 13.3. The Labute approximate surface area is 675 Å². The lowest BCUT2D eigenvalue weighted by Gasteiger charge is -2.39. The summed E-state index contributed by atoms with van der Waals surface area (Å²) in [5.41, 5.74) is 13.5. The molecule has 4 N–H and O–H groups in total. The maximum Gasteiger partial charge on any atom is 0.330 e. The molecule has 11 aromatic rings. The summed E-state index contributed by atoms with van der Waals surface area (Å²) in [6.45, 7) is 22.8. The van der Waals surface area contributed by atoms with Crippen LogP contribution in [0.3, 0.4) is 0 Å². The first-order valence-electron chi connectivity index (χ1n) is 39.4. The normalized spacial score (nSPS) is 19.3. The summed E-state index contributed by atoms with van der Waals surface area (Å²) >= 11 is 0. The van der Waals surface area contributed by atoms with Crippen LogP contribution in [-0.2, 0) is 4.74 Å². The van der Waals surface area contributed by atoms with Gasteiger partial charge in [-0.25, -0.2) is 64.0 Å². The minimum Gasteiger partial charge on any atom is -0.477 e. The lowest BCUT2D eigenvalue weighted by Crippen LogP contribution is -2.49. The monoisotopic (exact) mass is 1570 g/mol. The van der Waals surface area contributed by atoms with Crippen molar-refractivity contribution in [1.29, 1.82) is 0 Å². The molecule has 5 saturated heterocycles. The molecule has 11 aromatic heterocycles. The van der Waals surface area contributed by atoms with Crippen molar-refractivity contribution in [3.63, 3.8) is 0 Å². The molecule has 0 unspecified atom stereocenters. The number of morpholine rings is 1. The maximum absolute atomic E-state index is 13.3. The lowest BCUT2D eigenvalue weighted by atomic mass is 10.1. The SMILES string of the molecule is CCOc1cnc(NC(=O)N2c3nc(-c4ccnc(C)c4)ccc3N3CC[C@H]2C3)cn1.C[C@H]1CN(c2ccc3c(n2)N(C(=O)Nc2cnccn2)[C@H]2CCN3C2)C[C@H](C)O1.Cc1cc(-c2ccc3c(n2)N(C(=O)Nc2ccnnc2)[C@H]2CCN3C2)ccn1.Cc1cc(-c2ccc3c(n2)N(C(=O)Nc2nccc(C)n2)[C@H]2CCN3C2)ccn1. The van der Waals surface area contributed by atoms with E-state index >= 15 is 0 Å². The number of nitrogens with zero attached hydrogens (tertiary/aromatic N) is 24. The van der Waals surface area contributed by atoms with Crippen LogP contribution in [0.25, 0.3) is 33.8 Å². The molecule has 6 atom stereocenters. The molecule has 8 amide bonds. The predicted molar refractivity (Wildman–Crippen MR) is 446 cm³/mol. The summed E-state index contributed by atoms with van der Waals surface area (Å²) in [5, 5.41) is 19.1. The number of amides is 8. The molecule has 117 heavy (non-hydrogen) atoms. The molecule has 20 heterocycles. The van der Waals surface area contributed by atoms with E-state index in [1.807, 2.05) is 95.3 Å². The van der Waals surface area contributed by atoms with Gasteiger partial charge in [0.1, 0.15) is 5.82 Å². The van der Waals surface area contributed by atoms with E-state index in [1.165, 1.54) is 18.6 Å². The van der Waals surface area contributed by atoms with E-state index in [0.717, 1.165) is 176 Å². The molecule has 9 aliphatic heterocycles. The zero-order chi connectivity index (χ0) is 80.4. The van der Waals surface area contributed by atoms with Crippen LogP contribution < -0.4 is 70.1 Å². The number of rotatable bonds is 10. The number of aromatic nitrogens is 15. The van der Waals surface area contributed by atoms with Crippen molar-refractivity contribution in [3.05, 3.63) is 188 Å². The average molecular weight is 1570 g/mol. The zero-order valence-electron chi connectivity index (χ0n) is 65.8. The highest BCUT2D eigenvalue weighted by atomic mass is 16.5. The molecule has 34 nitrogen and oxygen atoms in total. The number of urea groups is 4. The van der Waals surface area contributed by atoms with Crippen LogP contribution in [0.2, 0.25) is 0 Å². The summed E-state index contributed by atoms with van der Waals surface area (Å²) in [6, 6.07) is 31.0. The van der Waals surface area contributed by atoms with Gasteiger partial charge in [-0.15, -0.1) is 0 Å². The number of carbonyl (C=O) groups is 4. The Kier molecular flexibility index (Phi) is 21.4. The number of hydrogen-bond donors (Lipinski definition) is 4. The van der Waals surface area contributed by atoms with E-state index in [4.69, 9.17) is 29.4 Å².